The number of hydrogen-bond donors (Lipinski definition) is 1. The first kappa shape index (κ1) is 11.0. The van der Waals surface area contributed by atoms with Crippen molar-refractivity contribution in [2.24, 2.45) is 0 Å². The number of hydrogen-bond acceptors (Lipinski definition) is 1. The van der Waals surface area contributed by atoms with Gasteiger partial charge in [-0.25, -0.2) is 0 Å². The average Bonchev–Trinajstić information content (AvgIpc) is 2.57. The second kappa shape index (κ2) is 3.84. The number of rotatable bonds is 1. The van der Waals surface area contributed by atoms with E-state index in [-0.39, 0.29) is 5.41 Å². The second-order valence-electron chi connectivity index (χ2n) is 5.33. The fourth-order valence-corrected chi connectivity index (χ4v) is 2.43. The Morgan fingerprint density at radius 2 is 2.13 bits per heavy atom. The quantitative estimate of drug-likeness (QED) is 0.771. The Bertz CT molecular complexity index is 365. The Morgan fingerprint density at radius 1 is 1.40 bits per heavy atom. The van der Waals surface area contributed by atoms with Gasteiger partial charge in [0.05, 0.1) is 0 Å². The van der Waals surface area contributed by atoms with Crippen LogP contribution in [0, 0.1) is 0 Å². The molecule has 0 aliphatic carbocycles. The van der Waals surface area contributed by atoms with Crippen molar-refractivity contribution in [2.45, 2.75) is 44.0 Å². The molecule has 0 saturated carbocycles. The van der Waals surface area contributed by atoms with E-state index in [1.165, 1.54) is 16.8 Å². The van der Waals surface area contributed by atoms with Crippen LogP contribution in [0.4, 0.5) is 5.69 Å². The van der Waals surface area contributed by atoms with Gasteiger partial charge in [-0.1, -0.05) is 0 Å². The van der Waals surface area contributed by atoms with Gasteiger partial charge in [-0.05, 0) is 0 Å². The van der Waals surface area contributed by atoms with Crippen LogP contribution in [0.25, 0.3) is 0 Å². The Balaban J connectivity index is 2.30. The van der Waals surface area contributed by atoms with Gasteiger partial charge in [0, 0.05) is 0 Å². The molecule has 1 aliphatic heterocycles. The van der Waals surface area contributed by atoms with E-state index in [1.54, 1.807) is 0 Å². The van der Waals surface area contributed by atoms with E-state index in [9.17, 15) is 0 Å². The Hall–Kier alpha value is -0.461. The standard InChI is InChI=1S/C13H18NSe/c1-13(2,3)10-4-5-12-9(6-10)7-11(8-15)14-12/h4-6,11,14H,7-8H2,1-3H3. The predicted octanol–water partition coefficient (Wildman–Crippen LogP) is 2.91. The van der Waals surface area contributed by atoms with Crippen LogP contribution >= 0.6 is 0 Å². The van der Waals surface area contributed by atoms with E-state index in [4.69, 9.17) is 0 Å². The fraction of sp³-hybridized carbons (Fsp3) is 0.538. The first-order valence-electron chi connectivity index (χ1n) is 5.49. The summed E-state index contributed by atoms with van der Waals surface area (Å²) in [5.74, 6) is 0. The van der Waals surface area contributed by atoms with Crippen LogP contribution in [0.1, 0.15) is 31.9 Å². The minimum atomic E-state index is 0.255. The summed E-state index contributed by atoms with van der Waals surface area (Å²) in [6.07, 6.45) is 1.16. The molecule has 1 aromatic rings. The zero-order valence-corrected chi connectivity index (χ0v) is 11.3. The van der Waals surface area contributed by atoms with Crippen LogP contribution in [-0.2, 0) is 11.8 Å². The van der Waals surface area contributed by atoms with E-state index in [0.717, 1.165) is 11.7 Å². The molecule has 15 heavy (non-hydrogen) atoms. The topological polar surface area (TPSA) is 12.0 Å². The van der Waals surface area contributed by atoms with E-state index in [2.05, 4.69) is 60.3 Å². The van der Waals surface area contributed by atoms with Gasteiger partial charge in [-0.3, -0.25) is 0 Å². The van der Waals surface area contributed by atoms with Crippen LogP contribution in [0.5, 0.6) is 0 Å². The summed E-state index contributed by atoms with van der Waals surface area (Å²) in [7, 11) is 0. The van der Waals surface area contributed by atoms with Crippen molar-refractivity contribution < 1.29 is 0 Å². The molecule has 1 N–H and O–H groups in total. The molecule has 1 aromatic carbocycles. The van der Waals surface area contributed by atoms with E-state index in [0.29, 0.717) is 6.04 Å². The third-order valence-corrected chi connectivity index (χ3v) is 3.84. The maximum atomic E-state index is 3.53. The predicted molar refractivity (Wildman–Crippen MR) is 66.8 cm³/mol. The number of fused-ring (bicyclic) bond motifs is 1. The zero-order chi connectivity index (χ0) is 11.1. The molecular weight excluding hydrogens is 249 g/mol. The first-order chi connectivity index (χ1) is 7.00. The van der Waals surface area contributed by atoms with Gasteiger partial charge in [-0.15, -0.1) is 0 Å². The summed E-state index contributed by atoms with van der Waals surface area (Å²) in [4.78, 5) is 0. The molecule has 2 heteroatoms. The summed E-state index contributed by atoms with van der Waals surface area (Å²) < 4.78 is 0. The monoisotopic (exact) mass is 268 g/mol. The molecule has 1 unspecified atom stereocenters. The van der Waals surface area contributed by atoms with Crippen molar-refractivity contribution in [3.05, 3.63) is 29.3 Å². The molecule has 0 amide bonds. The molecular formula is C13H18NSe. The van der Waals surface area contributed by atoms with Crippen LogP contribution in [0.2, 0.25) is 5.32 Å². The molecule has 2 rings (SSSR count). The Kier molecular flexibility index (Phi) is 2.83. The van der Waals surface area contributed by atoms with Crippen LogP contribution in [0.3, 0.4) is 0 Å². The third-order valence-electron chi connectivity index (χ3n) is 3.00. The SMILES string of the molecule is CC(C)(C)c1ccc2c(c1)CC(C[Se])N2. The molecule has 1 nitrogen and oxygen atoms in total. The molecule has 1 aliphatic rings. The van der Waals surface area contributed by atoms with Crippen molar-refractivity contribution >= 4 is 21.7 Å². The molecule has 1 radical (unpaired) electrons. The second-order valence-corrected chi connectivity index (χ2v) is 6.03. The van der Waals surface area contributed by atoms with Crippen molar-refractivity contribution in [3.63, 3.8) is 0 Å². The molecule has 0 saturated heterocycles. The zero-order valence-electron chi connectivity index (χ0n) is 9.63. The number of anilines is 1. The van der Waals surface area contributed by atoms with Crippen LogP contribution in [-0.4, -0.2) is 22.1 Å². The Labute approximate surface area is 100 Å². The summed E-state index contributed by atoms with van der Waals surface area (Å²) >= 11 is 3.10. The normalized spacial score (nSPS) is 19.9. The first-order valence-corrected chi connectivity index (χ1v) is 6.70. The van der Waals surface area contributed by atoms with Crippen LogP contribution in [0.15, 0.2) is 18.2 Å². The van der Waals surface area contributed by atoms with E-state index in [1.807, 2.05) is 0 Å². The molecule has 0 spiro atoms. The van der Waals surface area contributed by atoms with E-state index >= 15 is 0 Å². The van der Waals surface area contributed by atoms with Gasteiger partial charge in [0.25, 0.3) is 0 Å². The van der Waals surface area contributed by atoms with Crippen molar-refractivity contribution in [1.82, 2.24) is 0 Å². The third kappa shape index (κ3) is 2.21. The van der Waals surface area contributed by atoms with Gasteiger partial charge in [0.15, 0.2) is 0 Å². The molecule has 0 aromatic heterocycles. The molecule has 0 fully saturated rings. The fourth-order valence-electron chi connectivity index (χ4n) is 2.01. The minimum absolute atomic E-state index is 0.255. The van der Waals surface area contributed by atoms with Gasteiger partial charge in [0.1, 0.15) is 0 Å². The van der Waals surface area contributed by atoms with Gasteiger partial charge < -0.3 is 0 Å². The maximum absolute atomic E-state index is 3.53. The van der Waals surface area contributed by atoms with Crippen LogP contribution < -0.4 is 5.32 Å². The van der Waals surface area contributed by atoms with Crippen molar-refractivity contribution in [2.75, 3.05) is 5.32 Å². The summed E-state index contributed by atoms with van der Waals surface area (Å²) in [5, 5.41) is 4.61. The van der Waals surface area contributed by atoms with Crippen molar-refractivity contribution in [3.8, 4) is 0 Å². The van der Waals surface area contributed by atoms with Crippen molar-refractivity contribution in [1.29, 1.82) is 0 Å². The van der Waals surface area contributed by atoms with Gasteiger partial charge in [0.2, 0.25) is 0 Å². The van der Waals surface area contributed by atoms with Gasteiger partial charge >= 0.3 is 100 Å². The average molecular weight is 267 g/mol. The van der Waals surface area contributed by atoms with Gasteiger partial charge in [-0.2, -0.15) is 0 Å². The Morgan fingerprint density at radius 3 is 2.73 bits per heavy atom. The molecule has 81 valence electrons. The number of nitrogens with one attached hydrogen (secondary N) is 1. The number of benzene rings is 1. The molecule has 1 atom stereocenters. The molecule has 0 bridgehead atoms. The summed E-state index contributed by atoms with van der Waals surface area (Å²) in [5.41, 5.74) is 4.49. The summed E-state index contributed by atoms with van der Waals surface area (Å²) in [6.45, 7) is 6.80. The van der Waals surface area contributed by atoms with E-state index < -0.39 is 0 Å². The summed E-state index contributed by atoms with van der Waals surface area (Å²) in [6, 6.07) is 7.42. The molecule has 1 heterocycles.